The van der Waals surface area contributed by atoms with Gasteiger partial charge in [-0.05, 0) is 18.5 Å². The number of nitrogens with zero attached hydrogens (tertiary/aromatic N) is 2. The summed E-state index contributed by atoms with van der Waals surface area (Å²) < 4.78 is 0. The molecule has 3 nitrogen and oxygen atoms in total. The van der Waals surface area contributed by atoms with Crippen molar-refractivity contribution >= 4 is 0 Å². The van der Waals surface area contributed by atoms with Gasteiger partial charge in [0.05, 0.1) is 5.69 Å². The van der Waals surface area contributed by atoms with Crippen molar-refractivity contribution < 1.29 is 0 Å². The molecule has 1 N–H and O–H groups in total. The smallest absolute Gasteiger partial charge is 0.198 e. The van der Waals surface area contributed by atoms with Crippen LogP contribution in [0, 0.1) is 6.33 Å². The highest BCUT2D eigenvalue weighted by atomic mass is 14.9. The minimum absolute atomic E-state index is 0.869. The Morgan fingerprint density at radius 3 is 3.50 bits per heavy atom. The van der Waals surface area contributed by atoms with E-state index in [9.17, 15) is 0 Å². The van der Waals surface area contributed by atoms with Crippen LogP contribution in [0.15, 0.2) is 6.20 Å². The van der Waals surface area contributed by atoms with Gasteiger partial charge in [0.25, 0.3) is 0 Å². The van der Waals surface area contributed by atoms with Gasteiger partial charge in [0.1, 0.15) is 0 Å². The monoisotopic (exact) mass is 134 g/mol. The lowest BCUT2D eigenvalue weighted by atomic mass is 10.1. The summed E-state index contributed by atoms with van der Waals surface area (Å²) in [6.07, 6.45) is 5.48. The second kappa shape index (κ2) is 2.34. The van der Waals surface area contributed by atoms with Crippen molar-refractivity contribution in [1.29, 1.82) is 0 Å². The van der Waals surface area contributed by atoms with Crippen molar-refractivity contribution in [3.05, 3.63) is 23.8 Å². The summed E-state index contributed by atoms with van der Waals surface area (Å²) in [5.74, 6) is 0. The fraction of sp³-hybridized carbons (Fsp3) is 0.429. The Balaban J connectivity index is 2.41. The van der Waals surface area contributed by atoms with Crippen LogP contribution in [0.5, 0.6) is 0 Å². The fourth-order valence-electron chi connectivity index (χ4n) is 1.13. The lowest BCUT2D eigenvalue weighted by Crippen LogP contribution is -2.24. The van der Waals surface area contributed by atoms with Gasteiger partial charge in [-0.3, -0.25) is 0 Å². The first-order chi connectivity index (χ1) is 4.97. The number of hydrogen-bond acceptors (Lipinski definition) is 3. The molecular weight excluding hydrogens is 126 g/mol. The zero-order chi connectivity index (χ0) is 6.81. The van der Waals surface area contributed by atoms with E-state index in [1.807, 2.05) is 6.20 Å². The van der Waals surface area contributed by atoms with Crippen molar-refractivity contribution in [1.82, 2.24) is 15.3 Å². The quantitative estimate of drug-likeness (QED) is 0.539. The van der Waals surface area contributed by atoms with Crippen molar-refractivity contribution in [2.75, 3.05) is 6.54 Å². The number of aromatic nitrogens is 2. The van der Waals surface area contributed by atoms with E-state index in [4.69, 9.17) is 0 Å². The third kappa shape index (κ3) is 0.885. The standard InChI is InChI=1S/C7H8N3/c1-2-8-4-7-6(1)3-9-5-10-7/h3,8H,1-2,4H2. The van der Waals surface area contributed by atoms with Crippen LogP contribution in [0.25, 0.3) is 0 Å². The van der Waals surface area contributed by atoms with E-state index in [-0.39, 0.29) is 0 Å². The zero-order valence-corrected chi connectivity index (χ0v) is 5.59. The van der Waals surface area contributed by atoms with Crippen LogP contribution in [-0.2, 0) is 13.0 Å². The minimum atomic E-state index is 0.869. The highest BCUT2D eigenvalue weighted by molar-refractivity contribution is 5.17. The van der Waals surface area contributed by atoms with Crippen molar-refractivity contribution in [3.63, 3.8) is 0 Å². The molecule has 51 valence electrons. The molecule has 0 saturated carbocycles. The summed E-state index contributed by atoms with van der Waals surface area (Å²) in [5, 5.41) is 3.23. The molecule has 0 amide bonds. The Kier molecular flexibility index (Phi) is 1.36. The molecule has 0 aromatic carbocycles. The van der Waals surface area contributed by atoms with E-state index < -0.39 is 0 Å². The van der Waals surface area contributed by atoms with E-state index in [2.05, 4.69) is 21.6 Å². The summed E-state index contributed by atoms with van der Waals surface area (Å²) >= 11 is 0. The molecule has 0 aliphatic carbocycles. The molecule has 2 rings (SSSR count). The first-order valence-corrected chi connectivity index (χ1v) is 3.38. The van der Waals surface area contributed by atoms with E-state index in [1.165, 1.54) is 5.56 Å². The van der Waals surface area contributed by atoms with Gasteiger partial charge in [-0.15, -0.1) is 0 Å². The molecule has 0 spiro atoms. The van der Waals surface area contributed by atoms with E-state index in [0.717, 1.165) is 25.2 Å². The average molecular weight is 134 g/mol. The molecule has 1 aliphatic heterocycles. The second-order valence-electron chi connectivity index (χ2n) is 2.37. The molecule has 2 heterocycles. The maximum Gasteiger partial charge on any atom is 0.198 e. The van der Waals surface area contributed by atoms with Crippen LogP contribution in [0.1, 0.15) is 11.3 Å². The lowest BCUT2D eigenvalue weighted by Gasteiger charge is -2.13. The van der Waals surface area contributed by atoms with Crippen LogP contribution in [-0.4, -0.2) is 16.5 Å². The zero-order valence-electron chi connectivity index (χ0n) is 5.59. The highest BCUT2D eigenvalue weighted by Gasteiger charge is 2.07. The van der Waals surface area contributed by atoms with Gasteiger partial charge in [0.15, 0.2) is 6.33 Å². The SMILES string of the molecule is [c]1ncc2c(n1)CNCC2. The summed E-state index contributed by atoms with van der Waals surface area (Å²) in [6.45, 7) is 1.91. The molecule has 0 atom stereocenters. The van der Waals surface area contributed by atoms with Crippen LogP contribution in [0.3, 0.4) is 0 Å². The molecule has 0 unspecified atom stereocenters. The molecule has 10 heavy (non-hydrogen) atoms. The molecule has 0 fully saturated rings. The normalized spacial score (nSPS) is 16.4. The summed E-state index contributed by atoms with van der Waals surface area (Å²) in [5.41, 5.74) is 2.36. The second-order valence-corrected chi connectivity index (χ2v) is 2.37. The van der Waals surface area contributed by atoms with Crippen LogP contribution in [0.4, 0.5) is 0 Å². The van der Waals surface area contributed by atoms with Gasteiger partial charge in [0.2, 0.25) is 0 Å². The number of nitrogens with one attached hydrogen (secondary N) is 1. The molecule has 0 bridgehead atoms. The number of hydrogen-bond donors (Lipinski definition) is 1. The minimum Gasteiger partial charge on any atom is -0.311 e. The Morgan fingerprint density at radius 2 is 2.60 bits per heavy atom. The predicted octanol–water partition coefficient (Wildman–Crippen LogP) is -0.0775. The molecular formula is C7H8N3. The molecule has 3 heteroatoms. The third-order valence-corrected chi connectivity index (χ3v) is 1.70. The maximum absolute atomic E-state index is 4.02. The first kappa shape index (κ1) is 5.80. The molecule has 1 aliphatic rings. The molecule has 1 aromatic heterocycles. The van der Waals surface area contributed by atoms with E-state index in [0.29, 0.717) is 0 Å². The topological polar surface area (TPSA) is 37.8 Å². The van der Waals surface area contributed by atoms with Gasteiger partial charge >= 0.3 is 0 Å². The fourth-order valence-corrected chi connectivity index (χ4v) is 1.13. The predicted molar refractivity (Wildman–Crippen MR) is 36.3 cm³/mol. The Morgan fingerprint density at radius 1 is 1.60 bits per heavy atom. The number of rotatable bonds is 0. The van der Waals surface area contributed by atoms with Crippen molar-refractivity contribution in [3.8, 4) is 0 Å². The molecule has 1 aromatic rings. The summed E-state index contributed by atoms with van der Waals surface area (Å²) in [7, 11) is 0. The van der Waals surface area contributed by atoms with Crippen LogP contribution in [0.2, 0.25) is 0 Å². The van der Waals surface area contributed by atoms with Gasteiger partial charge in [0, 0.05) is 12.7 Å². The van der Waals surface area contributed by atoms with Crippen molar-refractivity contribution in [2.24, 2.45) is 0 Å². The Labute approximate surface area is 59.5 Å². The van der Waals surface area contributed by atoms with Gasteiger partial charge in [-0.1, -0.05) is 0 Å². The van der Waals surface area contributed by atoms with Gasteiger partial charge < -0.3 is 5.32 Å². The molecule has 0 saturated heterocycles. The van der Waals surface area contributed by atoms with Gasteiger partial charge in [-0.2, -0.15) is 0 Å². The average Bonchev–Trinajstić information content (AvgIpc) is 2.05. The van der Waals surface area contributed by atoms with E-state index >= 15 is 0 Å². The Bertz CT molecular complexity index is 209. The maximum atomic E-state index is 4.02. The first-order valence-electron chi connectivity index (χ1n) is 3.38. The van der Waals surface area contributed by atoms with Crippen LogP contribution >= 0.6 is 0 Å². The molecule has 1 radical (unpaired) electrons. The highest BCUT2D eigenvalue weighted by Crippen LogP contribution is 2.06. The van der Waals surface area contributed by atoms with Crippen molar-refractivity contribution in [2.45, 2.75) is 13.0 Å². The number of fused-ring (bicyclic) bond motifs is 1. The van der Waals surface area contributed by atoms with Crippen LogP contribution < -0.4 is 5.32 Å². The van der Waals surface area contributed by atoms with Gasteiger partial charge in [-0.25, -0.2) is 9.97 Å². The summed E-state index contributed by atoms with van der Waals surface area (Å²) in [6, 6.07) is 0. The Hall–Kier alpha value is -0.960. The largest absolute Gasteiger partial charge is 0.311 e. The summed E-state index contributed by atoms with van der Waals surface area (Å²) in [4.78, 5) is 7.85. The van der Waals surface area contributed by atoms with E-state index in [1.54, 1.807) is 0 Å². The lowest BCUT2D eigenvalue weighted by molar-refractivity contribution is 0.622. The third-order valence-electron chi connectivity index (χ3n) is 1.70.